The van der Waals surface area contributed by atoms with Gasteiger partial charge in [0, 0.05) is 18.8 Å². The summed E-state index contributed by atoms with van der Waals surface area (Å²) >= 11 is 1.23. The summed E-state index contributed by atoms with van der Waals surface area (Å²) in [6.07, 6.45) is 3.41. The summed E-state index contributed by atoms with van der Waals surface area (Å²) in [5.41, 5.74) is 0.611. The van der Waals surface area contributed by atoms with Gasteiger partial charge in [0.2, 0.25) is 11.8 Å². The molecule has 0 bridgehead atoms. The van der Waals surface area contributed by atoms with Crippen LogP contribution < -0.4 is 4.90 Å². The van der Waals surface area contributed by atoms with E-state index in [0.29, 0.717) is 10.8 Å². The number of imide groups is 1. The van der Waals surface area contributed by atoms with Gasteiger partial charge in [-0.05, 0) is 18.2 Å². The van der Waals surface area contributed by atoms with Crippen LogP contribution in [0.2, 0.25) is 0 Å². The number of anilines is 1. The first-order valence-electron chi connectivity index (χ1n) is 6.11. The predicted octanol–water partition coefficient (Wildman–Crippen LogP) is 1.90. The van der Waals surface area contributed by atoms with E-state index in [1.165, 1.54) is 16.7 Å². The average molecular weight is 285 g/mol. The Bertz CT molecular complexity index is 633. The van der Waals surface area contributed by atoms with Gasteiger partial charge in [0.1, 0.15) is 5.25 Å². The lowest BCUT2D eigenvalue weighted by atomic mass is 10.3. The Hall–Kier alpha value is -2.21. The van der Waals surface area contributed by atoms with Crippen molar-refractivity contribution in [3.05, 3.63) is 48.8 Å². The summed E-state index contributed by atoms with van der Waals surface area (Å²) in [6, 6.07) is 10.7. The Morgan fingerprint density at radius 1 is 1.05 bits per heavy atom. The van der Waals surface area contributed by atoms with Crippen molar-refractivity contribution in [3.63, 3.8) is 0 Å². The highest BCUT2D eigenvalue weighted by molar-refractivity contribution is 8.00. The molecule has 2 amide bonds. The van der Waals surface area contributed by atoms with E-state index in [1.54, 1.807) is 42.7 Å². The molecule has 6 heteroatoms. The number of thioether (sulfide) groups is 1. The van der Waals surface area contributed by atoms with Gasteiger partial charge in [0.15, 0.2) is 5.16 Å². The van der Waals surface area contributed by atoms with Gasteiger partial charge in [-0.2, -0.15) is 0 Å². The molecular formula is C14H11N3O2S. The zero-order valence-electron chi connectivity index (χ0n) is 10.5. The number of hydrogen-bond acceptors (Lipinski definition) is 5. The maximum Gasteiger partial charge on any atom is 0.247 e. The Balaban J connectivity index is 1.81. The first-order chi connectivity index (χ1) is 9.75. The highest BCUT2D eigenvalue weighted by Crippen LogP contribution is 2.31. The van der Waals surface area contributed by atoms with Gasteiger partial charge in [-0.1, -0.05) is 30.0 Å². The van der Waals surface area contributed by atoms with Crippen LogP contribution in [-0.2, 0) is 9.59 Å². The van der Waals surface area contributed by atoms with E-state index in [1.807, 2.05) is 6.07 Å². The first-order valence-corrected chi connectivity index (χ1v) is 6.99. The first kappa shape index (κ1) is 12.8. The summed E-state index contributed by atoms with van der Waals surface area (Å²) in [4.78, 5) is 33.8. The minimum Gasteiger partial charge on any atom is -0.274 e. The number of rotatable bonds is 3. The van der Waals surface area contributed by atoms with Crippen molar-refractivity contribution in [1.82, 2.24) is 9.97 Å². The SMILES string of the molecule is O=C1C[C@H](Sc2ncccn2)C(=O)N1c1ccccc1. The molecule has 1 aromatic heterocycles. The fourth-order valence-electron chi connectivity index (χ4n) is 2.02. The molecule has 0 N–H and O–H groups in total. The van der Waals surface area contributed by atoms with E-state index in [9.17, 15) is 9.59 Å². The molecule has 0 saturated carbocycles. The molecule has 20 heavy (non-hydrogen) atoms. The van der Waals surface area contributed by atoms with Gasteiger partial charge in [0.25, 0.3) is 0 Å². The van der Waals surface area contributed by atoms with Crippen LogP contribution in [0, 0.1) is 0 Å². The Labute approximate surface area is 120 Å². The molecule has 1 aliphatic rings. The lowest BCUT2D eigenvalue weighted by Gasteiger charge is -2.14. The van der Waals surface area contributed by atoms with Crippen LogP contribution in [0.1, 0.15) is 6.42 Å². The molecule has 0 radical (unpaired) electrons. The largest absolute Gasteiger partial charge is 0.274 e. The van der Waals surface area contributed by atoms with Crippen LogP contribution in [0.4, 0.5) is 5.69 Å². The molecule has 1 saturated heterocycles. The standard InChI is InChI=1S/C14H11N3O2S/c18-12-9-11(20-14-15-7-4-8-16-14)13(19)17(12)10-5-2-1-3-6-10/h1-8,11H,9H2/t11-/m0/s1. The second-order valence-electron chi connectivity index (χ2n) is 4.24. The lowest BCUT2D eigenvalue weighted by molar-refractivity contribution is -0.121. The van der Waals surface area contributed by atoms with Gasteiger partial charge >= 0.3 is 0 Å². The van der Waals surface area contributed by atoms with Gasteiger partial charge in [-0.3, -0.25) is 9.59 Å². The minimum atomic E-state index is -0.454. The Morgan fingerprint density at radius 2 is 1.75 bits per heavy atom. The fraction of sp³-hybridized carbons (Fsp3) is 0.143. The molecule has 2 aromatic rings. The monoisotopic (exact) mass is 285 g/mol. The molecule has 1 atom stereocenters. The number of para-hydroxylation sites is 1. The number of amides is 2. The third kappa shape index (κ3) is 2.42. The molecule has 1 aromatic carbocycles. The van der Waals surface area contributed by atoms with Gasteiger partial charge in [-0.25, -0.2) is 14.9 Å². The number of benzene rings is 1. The van der Waals surface area contributed by atoms with Gasteiger partial charge in [0.05, 0.1) is 5.69 Å². The van der Waals surface area contributed by atoms with Crippen molar-refractivity contribution in [2.24, 2.45) is 0 Å². The number of hydrogen-bond donors (Lipinski definition) is 0. The molecule has 3 rings (SSSR count). The molecular weight excluding hydrogens is 274 g/mol. The Morgan fingerprint density at radius 3 is 2.45 bits per heavy atom. The summed E-state index contributed by atoms with van der Waals surface area (Å²) in [6.45, 7) is 0. The Kier molecular flexibility index (Phi) is 3.47. The van der Waals surface area contributed by atoms with Crippen LogP contribution >= 0.6 is 11.8 Å². The van der Waals surface area contributed by atoms with Crippen molar-refractivity contribution in [1.29, 1.82) is 0 Å². The summed E-state index contributed by atoms with van der Waals surface area (Å²) < 4.78 is 0. The van der Waals surface area contributed by atoms with Crippen molar-refractivity contribution >= 4 is 29.3 Å². The van der Waals surface area contributed by atoms with Crippen LogP contribution in [0.5, 0.6) is 0 Å². The highest BCUT2D eigenvalue weighted by atomic mass is 32.2. The van der Waals surface area contributed by atoms with E-state index < -0.39 is 5.25 Å². The zero-order valence-corrected chi connectivity index (χ0v) is 11.3. The van der Waals surface area contributed by atoms with E-state index in [2.05, 4.69) is 9.97 Å². The average Bonchev–Trinajstić information content (AvgIpc) is 2.75. The quantitative estimate of drug-likeness (QED) is 0.636. The number of carbonyl (C=O) groups is 2. The second kappa shape index (κ2) is 5.42. The van der Waals surface area contributed by atoms with Crippen molar-refractivity contribution in [3.8, 4) is 0 Å². The van der Waals surface area contributed by atoms with E-state index in [-0.39, 0.29) is 18.2 Å². The molecule has 1 aliphatic heterocycles. The van der Waals surface area contributed by atoms with Crippen molar-refractivity contribution in [2.75, 3.05) is 4.90 Å². The molecule has 0 unspecified atom stereocenters. The summed E-state index contributed by atoms with van der Waals surface area (Å²) in [5, 5.41) is 0.0543. The fourth-order valence-corrected chi connectivity index (χ4v) is 2.95. The molecule has 100 valence electrons. The second-order valence-corrected chi connectivity index (χ2v) is 5.41. The van der Waals surface area contributed by atoms with Crippen molar-refractivity contribution < 1.29 is 9.59 Å². The number of carbonyl (C=O) groups excluding carboxylic acids is 2. The summed E-state index contributed by atoms with van der Waals surface area (Å²) in [7, 11) is 0. The zero-order chi connectivity index (χ0) is 13.9. The number of nitrogens with zero attached hydrogens (tertiary/aromatic N) is 3. The third-order valence-electron chi connectivity index (χ3n) is 2.91. The van der Waals surface area contributed by atoms with Gasteiger partial charge in [-0.15, -0.1) is 0 Å². The topological polar surface area (TPSA) is 63.2 Å². The van der Waals surface area contributed by atoms with E-state index in [4.69, 9.17) is 0 Å². The van der Waals surface area contributed by atoms with E-state index >= 15 is 0 Å². The minimum absolute atomic E-state index is 0.177. The van der Waals surface area contributed by atoms with Crippen LogP contribution in [0.3, 0.4) is 0 Å². The van der Waals surface area contributed by atoms with Crippen LogP contribution in [0.25, 0.3) is 0 Å². The smallest absolute Gasteiger partial charge is 0.247 e. The van der Waals surface area contributed by atoms with Crippen molar-refractivity contribution in [2.45, 2.75) is 16.8 Å². The molecule has 5 nitrogen and oxygen atoms in total. The lowest BCUT2D eigenvalue weighted by Crippen LogP contribution is -2.31. The van der Waals surface area contributed by atoms with E-state index in [0.717, 1.165) is 0 Å². The molecule has 1 fully saturated rings. The third-order valence-corrected chi connectivity index (χ3v) is 3.98. The highest BCUT2D eigenvalue weighted by Gasteiger charge is 2.40. The molecule has 0 aliphatic carbocycles. The molecule has 0 spiro atoms. The van der Waals surface area contributed by atoms with Crippen LogP contribution in [0.15, 0.2) is 53.9 Å². The maximum absolute atomic E-state index is 12.3. The van der Waals surface area contributed by atoms with Crippen LogP contribution in [-0.4, -0.2) is 27.0 Å². The predicted molar refractivity (Wildman–Crippen MR) is 75.2 cm³/mol. The van der Waals surface area contributed by atoms with Gasteiger partial charge < -0.3 is 0 Å². The maximum atomic E-state index is 12.3. The number of aromatic nitrogens is 2. The molecule has 2 heterocycles. The summed E-state index contributed by atoms with van der Waals surface area (Å²) in [5.74, 6) is -0.395. The normalized spacial score (nSPS) is 18.6.